The van der Waals surface area contributed by atoms with Gasteiger partial charge in [0.2, 0.25) is 5.91 Å². The monoisotopic (exact) mass is 232 g/mol. The van der Waals surface area contributed by atoms with Crippen LogP contribution >= 0.6 is 0 Å². The maximum Gasteiger partial charge on any atom is 0.236 e. The normalized spacial score (nSPS) is 19.1. The first-order chi connectivity index (χ1) is 8.22. The molecule has 0 saturated carbocycles. The molecule has 0 radical (unpaired) electrons. The number of carbonyl (C=O) groups excluding carboxylic acids is 1. The molecule has 3 heteroatoms. The summed E-state index contributed by atoms with van der Waals surface area (Å²) in [5, 5.41) is 2.95. The lowest BCUT2D eigenvalue weighted by Crippen LogP contribution is -2.43. The number of nitrogens with one attached hydrogen (secondary N) is 1. The first-order valence-corrected chi connectivity index (χ1v) is 6.33. The second-order valence-electron chi connectivity index (χ2n) is 4.74. The van der Waals surface area contributed by atoms with Gasteiger partial charge >= 0.3 is 0 Å². The molecule has 17 heavy (non-hydrogen) atoms. The zero-order valence-corrected chi connectivity index (χ0v) is 10.3. The third kappa shape index (κ3) is 2.67. The second kappa shape index (κ2) is 5.32. The highest BCUT2D eigenvalue weighted by Crippen LogP contribution is 2.33. The average molecular weight is 232 g/mol. The summed E-state index contributed by atoms with van der Waals surface area (Å²) in [4.78, 5) is 11.7. The predicted octanol–water partition coefficient (Wildman–Crippen LogP) is 1.57. The zero-order valence-electron chi connectivity index (χ0n) is 10.3. The summed E-state index contributed by atoms with van der Waals surface area (Å²) < 4.78 is 0. The molecule has 2 rings (SSSR count). The molecule has 3 nitrogen and oxygen atoms in total. The van der Waals surface area contributed by atoms with Crippen molar-refractivity contribution in [2.75, 3.05) is 6.54 Å². The first-order valence-electron chi connectivity index (χ1n) is 6.33. The van der Waals surface area contributed by atoms with E-state index in [1.54, 1.807) is 0 Å². The number of hydrogen-bond acceptors (Lipinski definition) is 2. The van der Waals surface area contributed by atoms with Gasteiger partial charge in [0.25, 0.3) is 0 Å². The second-order valence-corrected chi connectivity index (χ2v) is 4.74. The van der Waals surface area contributed by atoms with Gasteiger partial charge in [0.1, 0.15) is 0 Å². The Morgan fingerprint density at radius 3 is 3.00 bits per heavy atom. The Morgan fingerprint density at radius 2 is 2.29 bits per heavy atom. The first kappa shape index (κ1) is 12.1. The molecule has 0 heterocycles. The van der Waals surface area contributed by atoms with Crippen LogP contribution in [0.4, 0.5) is 0 Å². The fourth-order valence-electron chi connectivity index (χ4n) is 2.34. The van der Waals surface area contributed by atoms with Crippen molar-refractivity contribution in [3.8, 4) is 0 Å². The fourth-order valence-corrected chi connectivity index (χ4v) is 2.34. The van der Waals surface area contributed by atoms with E-state index in [1.807, 2.05) is 6.92 Å². The number of rotatable bonds is 5. The molecular weight excluding hydrogens is 212 g/mol. The van der Waals surface area contributed by atoms with E-state index < -0.39 is 0 Å². The molecule has 2 atom stereocenters. The van der Waals surface area contributed by atoms with E-state index in [0.29, 0.717) is 12.5 Å². The minimum atomic E-state index is -0.352. The predicted molar refractivity (Wildman–Crippen MR) is 68.8 cm³/mol. The number of hydrogen-bond donors (Lipinski definition) is 2. The van der Waals surface area contributed by atoms with Crippen molar-refractivity contribution >= 4 is 5.91 Å². The molecule has 92 valence electrons. The van der Waals surface area contributed by atoms with Crippen LogP contribution < -0.4 is 11.1 Å². The Kier molecular flexibility index (Phi) is 3.79. The Labute approximate surface area is 102 Å². The molecule has 1 aliphatic carbocycles. The molecule has 0 bridgehead atoms. The van der Waals surface area contributed by atoms with Crippen LogP contribution in [-0.4, -0.2) is 18.5 Å². The molecule has 0 aromatic heterocycles. The molecule has 3 N–H and O–H groups in total. The Bertz CT molecular complexity index is 403. The van der Waals surface area contributed by atoms with Crippen LogP contribution in [0, 0.1) is 0 Å². The summed E-state index contributed by atoms with van der Waals surface area (Å²) in [5.74, 6) is 0.459. The minimum absolute atomic E-state index is 0.0174. The quantitative estimate of drug-likeness (QED) is 0.809. The molecule has 1 aromatic rings. The molecule has 0 saturated heterocycles. The van der Waals surface area contributed by atoms with Crippen molar-refractivity contribution in [3.63, 3.8) is 0 Å². The Hall–Kier alpha value is -1.35. The third-order valence-corrected chi connectivity index (χ3v) is 3.42. The number of amides is 1. The topological polar surface area (TPSA) is 55.1 Å². The molecular formula is C14H20N2O. The van der Waals surface area contributed by atoms with Gasteiger partial charge in [-0.15, -0.1) is 0 Å². The summed E-state index contributed by atoms with van der Waals surface area (Å²) in [6.45, 7) is 2.75. The summed E-state index contributed by atoms with van der Waals surface area (Å²) in [7, 11) is 0. The largest absolute Gasteiger partial charge is 0.354 e. The van der Waals surface area contributed by atoms with Crippen LogP contribution in [0.15, 0.2) is 24.3 Å². The van der Waals surface area contributed by atoms with Crippen molar-refractivity contribution in [1.82, 2.24) is 5.32 Å². The molecule has 0 spiro atoms. The summed E-state index contributed by atoms with van der Waals surface area (Å²) in [6.07, 6.45) is 2.77. The highest BCUT2D eigenvalue weighted by Gasteiger charge is 2.26. The van der Waals surface area contributed by atoms with Crippen molar-refractivity contribution in [3.05, 3.63) is 35.4 Å². The van der Waals surface area contributed by atoms with Crippen molar-refractivity contribution in [1.29, 1.82) is 0 Å². The number of benzene rings is 1. The van der Waals surface area contributed by atoms with E-state index in [4.69, 9.17) is 5.73 Å². The van der Waals surface area contributed by atoms with Gasteiger partial charge in [0, 0.05) is 12.5 Å². The Balaban J connectivity index is 1.80. The third-order valence-electron chi connectivity index (χ3n) is 3.42. The lowest BCUT2D eigenvalue weighted by Gasteiger charge is -2.30. The van der Waals surface area contributed by atoms with Gasteiger partial charge in [-0.3, -0.25) is 4.79 Å². The van der Waals surface area contributed by atoms with E-state index in [2.05, 4.69) is 29.6 Å². The van der Waals surface area contributed by atoms with E-state index >= 15 is 0 Å². The lowest BCUT2D eigenvalue weighted by molar-refractivity contribution is -0.122. The van der Waals surface area contributed by atoms with Crippen LogP contribution in [0.1, 0.15) is 36.8 Å². The lowest BCUT2D eigenvalue weighted by atomic mass is 9.77. The van der Waals surface area contributed by atoms with Crippen molar-refractivity contribution < 1.29 is 4.79 Å². The van der Waals surface area contributed by atoms with Crippen LogP contribution in [-0.2, 0) is 11.2 Å². The van der Waals surface area contributed by atoms with Gasteiger partial charge in [-0.25, -0.2) is 0 Å². The van der Waals surface area contributed by atoms with Crippen molar-refractivity contribution in [2.24, 2.45) is 5.73 Å². The number of fused-ring (bicyclic) bond motifs is 1. The summed E-state index contributed by atoms with van der Waals surface area (Å²) in [6, 6.07) is 8.05. The molecule has 1 amide bonds. The van der Waals surface area contributed by atoms with Crippen molar-refractivity contribution in [2.45, 2.75) is 38.1 Å². The molecule has 1 unspecified atom stereocenters. The van der Waals surface area contributed by atoms with Gasteiger partial charge in [-0.1, -0.05) is 37.6 Å². The van der Waals surface area contributed by atoms with Gasteiger partial charge in [-0.05, 0) is 24.0 Å². The molecule has 1 aliphatic rings. The number of nitrogens with two attached hydrogens (primary N) is 1. The highest BCUT2D eigenvalue weighted by molar-refractivity contribution is 5.81. The highest BCUT2D eigenvalue weighted by atomic mass is 16.2. The van der Waals surface area contributed by atoms with Crippen LogP contribution in [0.3, 0.4) is 0 Å². The molecule has 1 aromatic carbocycles. The maximum absolute atomic E-state index is 11.7. The molecule has 0 aliphatic heterocycles. The Morgan fingerprint density at radius 1 is 1.53 bits per heavy atom. The van der Waals surface area contributed by atoms with Gasteiger partial charge in [0.15, 0.2) is 0 Å². The van der Waals surface area contributed by atoms with Crippen LogP contribution in [0.25, 0.3) is 0 Å². The molecule has 0 fully saturated rings. The number of carbonyl (C=O) groups is 1. The average Bonchev–Trinajstić information content (AvgIpc) is 2.30. The van der Waals surface area contributed by atoms with Crippen LogP contribution in [0.5, 0.6) is 0 Å². The van der Waals surface area contributed by atoms with E-state index in [-0.39, 0.29) is 11.9 Å². The van der Waals surface area contributed by atoms with Gasteiger partial charge in [0.05, 0.1) is 6.04 Å². The van der Waals surface area contributed by atoms with Gasteiger partial charge < -0.3 is 11.1 Å². The minimum Gasteiger partial charge on any atom is -0.354 e. The van der Waals surface area contributed by atoms with E-state index in [0.717, 1.165) is 19.3 Å². The van der Waals surface area contributed by atoms with Crippen LogP contribution in [0.2, 0.25) is 0 Å². The van der Waals surface area contributed by atoms with E-state index in [9.17, 15) is 4.79 Å². The summed E-state index contributed by atoms with van der Waals surface area (Å²) in [5.41, 5.74) is 8.54. The summed E-state index contributed by atoms with van der Waals surface area (Å²) >= 11 is 0. The SMILES string of the molecule is CCC[C@H](N)C(=O)NCC1Cc2ccccc21. The zero-order chi connectivity index (χ0) is 12.3. The van der Waals surface area contributed by atoms with E-state index in [1.165, 1.54) is 11.1 Å². The standard InChI is InChI=1S/C14H20N2O/c1-2-5-13(15)14(17)16-9-11-8-10-6-3-4-7-12(10)11/h3-4,6-7,11,13H,2,5,8-9,15H2,1H3,(H,16,17)/t11?,13-/m0/s1. The van der Waals surface area contributed by atoms with Gasteiger partial charge in [-0.2, -0.15) is 0 Å². The maximum atomic E-state index is 11.7. The smallest absolute Gasteiger partial charge is 0.236 e. The fraction of sp³-hybridized carbons (Fsp3) is 0.500.